The van der Waals surface area contributed by atoms with Gasteiger partial charge in [-0.05, 0) is 36.8 Å². The molecule has 140 valence electrons. The fourth-order valence-corrected chi connectivity index (χ4v) is 3.30. The van der Waals surface area contributed by atoms with Crippen LogP contribution in [0.1, 0.15) is 11.1 Å². The van der Waals surface area contributed by atoms with E-state index in [0.29, 0.717) is 17.8 Å². The number of piperazine rings is 1. The molecule has 1 saturated heterocycles. The van der Waals surface area contributed by atoms with Gasteiger partial charge in [-0.15, -0.1) is 0 Å². The zero-order valence-electron chi connectivity index (χ0n) is 15.4. The molecule has 1 aliphatic rings. The van der Waals surface area contributed by atoms with Gasteiger partial charge in [0.05, 0.1) is 16.6 Å². The number of nitriles is 1. The molecule has 27 heavy (non-hydrogen) atoms. The maximum Gasteiger partial charge on any atom is 0.293 e. The molecule has 2 aromatic carbocycles. The Morgan fingerprint density at radius 2 is 1.96 bits per heavy atom. The first-order chi connectivity index (χ1) is 13.1. The van der Waals surface area contributed by atoms with Crippen molar-refractivity contribution in [2.45, 2.75) is 6.92 Å². The molecule has 1 fully saturated rings. The number of nitrogens with zero attached hydrogens (tertiary/aromatic N) is 4. The number of nitro groups is 1. The molecule has 1 aliphatic heterocycles. The Morgan fingerprint density at radius 1 is 1.19 bits per heavy atom. The van der Waals surface area contributed by atoms with Crippen molar-refractivity contribution in [2.75, 3.05) is 49.5 Å². The molecule has 0 bridgehead atoms. The van der Waals surface area contributed by atoms with Gasteiger partial charge >= 0.3 is 0 Å². The van der Waals surface area contributed by atoms with Crippen molar-refractivity contribution < 1.29 is 4.92 Å². The first-order valence-corrected chi connectivity index (χ1v) is 9.03. The fraction of sp³-hybridized carbons (Fsp3) is 0.350. The number of rotatable bonds is 6. The lowest BCUT2D eigenvalue weighted by atomic mass is 10.2. The SMILES string of the molecule is Cc1cccc(N2CCN(CCNc3ccc(C#N)cc3[N+](=O)[O-])CC2)c1. The highest BCUT2D eigenvalue weighted by Crippen LogP contribution is 2.25. The minimum absolute atomic E-state index is 0.0571. The van der Waals surface area contributed by atoms with Crippen molar-refractivity contribution in [2.24, 2.45) is 0 Å². The first kappa shape index (κ1) is 18.7. The Labute approximate surface area is 159 Å². The van der Waals surface area contributed by atoms with E-state index in [1.807, 2.05) is 6.07 Å². The molecule has 7 nitrogen and oxygen atoms in total. The van der Waals surface area contributed by atoms with E-state index >= 15 is 0 Å². The highest BCUT2D eigenvalue weighted by atomic mass is 16.6. The van der Waals surface area contributed by atoms with Crippen LogP contribution in [0.5, 0.6) is 0 Å². The second-order valence-electron chi connectivity index (χ2n) is 6.70. The smallest absolute Gasteiger partial charge is 0.293 e. The molecule has 1 heterocycles. The average molecular weight is 365 g/mol. The van der Waals surface area contributed by atoms with E-state index in [9.17, 15) is 10.1 Å². The second kappa shape index (κ2) is 8.52. The Hall–Kier alpha value is -3.11. The van der Waals surface area contributed by atoms with Gasteiger partial charge in [-0.2, -0.15) is 5.26 Å². The lowest BCUT2D eigenvalue weighted by molar-refractivity contribution is -0.384. The number of hydrogen-bond donors (Lipinski definition) is 1. The highest BCUT2D eigenvalue weighted by molar-refractivity contribution is 5.64. The van der Waals surface area contributed by atoms with E-state index in [1.165, 1.54) is 17.3 Å². The van der Waals surface area contributed by atoms with Crippen LogP contribution in [0, 0.1) is 28.4 Å². The van der Waals surface area contributed by atoms with E-state index in [1.54, 1.807) is 12.1 Å². The van der Waals surface area contributed by atoms with Gasteiger partial charge in [0.25, 0.3) is 5.69 Å². The lowest BCUT2D eigenvalue weighted by Crippen LogP contribution is -2.47. The molecule has 0 spiro atoms. The van der Waals surface area contributed by atoms with Crippen LogP contribution in [-0.2, 0) is 0 Å². The summed E-state index contributed by atoms with van der Waals surface area (Å²) in [5.74, 6) is 0. The summed E-state index contributed by atoms with van der Waals surface area (Å²) >= 11 is 0. The van der Waals surface area contributed by atoms with Crippen molar-refractivity contribution in [3.05, 3.63) is 63.7 Å². The molecular formula is C20H23N5O2. The molecule has 1 N–H and O–H groups in total. The summed E-state index contributed by atoms with van der Waals surface area (Å²) < 4.78 is 0. The zero-order valence-corrected chi connectivity index (χ0v) is 15.4. The number of benzene rings is 2. The van der Waals surface area contributed by atoms with E-state index in [2.05, 4.69) is 46.3 Å². The summed E-state index contributed by atoms with van der Waals surface area (Å²) in [7, 11) is 0. The first-order valence-electron chi connectivity index (χ1n) is 9.03. The standard InChI is InChI=1S/C20H23N5O2/c1-16-3-2-4-18(13-16)24-11-9-23(10-12-24)8-7-22-19-6-5-17(15-21)14-20(19)25(26)27/h2-6,13-14,22H,7-12H2,1H3. The number of hydrogen-bond acceptors (Lipinski definition) is 6. The maximum atomic E-state index is 11.2. The van der Waals surface area contributed by atoms with Crippen LogP contribution in [0.25, 0.3) is 0 Å². The van der Waals surface area contributed by atoms with Gasteiger partial charge < -0.3 is 10.2 Å². The van der Waals surface area contributed by atoms with Crippen LogP contribution < -0.4 is 10.2 Å². The van der Waals surface area contributed by atoms with Crippen molar-refractivity contribution >= 4 is 17.1 Å². The van der Waals surface area contributed by atoms with Crippen molar-refractivity contribution in [3.8, 4) is 6.07 Å². The van der Waals surface area contributed by atoms with Gasteiger partial charge in [-0.1, -0.05) is 12.1 Å². The Morgan fingerprint density at radius 3 is 2.63 bits per heavy atom. The van der Waals surface area contributed by atoms with Gasteiger partial charge in [0.15, 0.2) is 0 Å². The third-order valence-electron chi connectivity index (χ3n) is 4.81. The average Bonchev–Trinajstić information content (AvgIpc) is 2.68. The molecule has 3 rings (SSSR count). The molecule has 7 heteroatoms. The lowest BCUT2D eigenvalue weighted by Gasteiger charge is -2.36. The number of anilines is 2. The van der Waals surface area contributed by atoms with E-state index in [0.717, 1.165) is 32.7 Å². The fourth-order valence-electron chi connectivity index (χ4n) is 3.30. The third-order valence-corrected chi connectivity index (χ3v) is 4.81. The summed E-state index contributed by atoms with van der Waals surface area (Å²) in [5.41, 5.74) is 3.22. The van der Waals surface area contributed by atoms with Crippen LogP contribution in [-0.4, -0.2) is 49.1 Å². The Bertz CT molecular complexity index is 854. The Kier molecular flexibility index (Phi) is 5.89. The monoisotopic (exact) mass is 365 g/mol. The summed E-state index contributed by atoms with van der Waals surface area (Å²) in [6.45, 7) is 7.42. The normalized spacial score (nSPS) is 14.6. The highest BCUT2D eigenvalue weighted by Gasteiger charge is 2.18. The van der Waals surface area contributed by atoms with Crippen molar-refractivity contribution in [1.82, 2.24) is 4.90 Å². The Balaban J connectivity index is 1.50. The van der Waals surface area contributed by atoms with Gasteiger partial charge in [0.2, 0.25) is 0 Å². The molecular weight excluding hydrogens is 342 g/mol. The number of nitrogens with one attached hydrogen (secondary N) is 1. The van der Waals surface area contributed by atoms with Crippen molar-refractivity contribution in [1.29, 1.82) is 5.26 Å². The van der Waals surface area contributed by atoms with E-state index in [4.69, 9.17) is 5.26 Å². The summed E-state index contributed by atoms with van der Waals surface area (Å²) in [5, 5.41) is 23.2. The van der Waals surface area contributed by atoms with Gasteiger partial charge in [0, 0.05) is 51.0 Å². The van der Waals surface area contributed by atoms with Crippen LogP contribution in [0.15, 0.2) is 42.5 Å². The second-order valence-corrected chi connectivity index (χ2v) is 6.70. The van der Waals surface area contributed by atoms with Crippen LogP contribution >= 0.6 is 0 Å². The van der Waals surface area contributed by atoms with E-state index in [-0.39, 0.29) is 5.69 Å². The molecule has 0 amide bonds. The van der Waals surface area contributed by atoms with Crippen molar-refractivity contribution in [3.63, 3.8) is 0 Å². The minimum Gasteiger partial charge on any atom is -0.378 e. The molecule has 0 atom stereocenters. The molecule has 0 aliphatic carbocycles. The molecule has 0 saturated carbocycles. The van der Waals surface area contributed by atoms with Gasteiger partial charge in [-0.3, -0.25) is 15.0 Å². The number of nitro benzene ring substituents is 1. The molecule has 0 aromatic heterocycles. The van der Waals surface area contributed by atoms with Gasteiger partial charge in [-0.25, -0.2) is 0 Å². The largest absolute Gasteiger partial charge is 0.378 e. The molecule has 0 radical (unpaired) electrons. The predicted octanol–water partition coefficient (Wildman–Crippen LogP) is 3.01. The summed E-state index contributed by atoms with van der Waals surface area (Å²) in [6, 6.07) is 15.0. The summed E-state index contributed by atoms with van der Waals surface area (Å²) in [4.78, 5) is 15.5. The molecule has 2 aromatic rings. The third kappa shape index (κ3) is 4.74. The van der Waals surface area contributed by atoms with Gasteiger partial charge in [0.1, 0.15) is 5.69 Å². The predicted molar refractivity (Wildman–Crippen MR) is 106 cm³/mol. The van der Waals surface area contributed by atoms with Crippen LogP contribution in [0.2, 0.25) is 0 Å². The zero-order chi connectivity index (χ0) is 19.2. The van der Waals surface area contributed by atoms with Crippen LogP contribution in [0.3, 0.4) is 0 Å². The minimum atomic E-state index is -0.455. The topological polar surface area (TPSA) is 85.4 Å². The number of aryl methyl sites for hydroxylation is 1. The van der Waals surface area contributed by atoms with Crippen LogP contribution in [0.4, 0.5) is 17.1 Å². The molecule has 0 unspecified atom stereocenters. The summed E-state index contributed by atoms with van der Waals surface area (Å²) in [6.07, 6.45) is 0. The maximum absolute atomic E-state index is 11.2. The quantitative estimate of drug-likeness (QED) is 0.626. The van der Waals surface area contributed by atoms with E-state index < -0.39 is 4.92 Å².